The van der Waals surface area contributed by atoms with Gasteiger partial charge in [-0.2, -0.15) is 0 Å². The lowest BCUT2D eigenvalue weighted by Crippen LogP contribution is -2.37. The fourth-order valence-corrected chi connectivity index (χ4v) is 2.76. The fourth-order valence-electron chi connectivity index (χ4n) is 2.76. The third-order valence-electron chi connectivity index (χ3n) is 3.91. The van der Waals surface area contributed by atoms with Gasteiger partial charge in [-0.3, -0.25) is 9.69 Å². The Morgan fingerprint density at radius 3 is 2.68 bits per heavy atom. The highest BCUT2D eigenvalue weighted by molar-refractivity contribution is 5.78. The molecule has 0 spiro atoms. The van der Waals surface area contributed by atoms with E-state index in [4.69, 9.17) is 0 Å². The van der Waals surface area contributed by atoms with E-state index in [0.717, 1.165) is 37.8 Å². The number of nitrogens with one attached hydrogen (secondary N) is 1. The molecule has 1 aromatic rings. The van der Waals surface area contributed by atoms with Gasteiger partial charge in [-0.1, -0.05) is 12.1 Å². The Hall–Kier alpha value is -1.42. The van der Waals surface area contributed by atoms with E-state index in [0.29, 0.717) is 12.6 Å². The first-order chi connectivity index (χ1) is 9.22. The maximum absolute atomic E-state index is 13.0. The smallest absolute Gasteiger partial charge is 0.234 e. The largest absolute Gasteiger partial charge is 0.352 e. The maximum Gasteiger partial charge on any atom is 0.234 e. The molecule has 1 N–H and O–H groups in total. The van der Waals surface area contributed by atoms with Crippen molar-refractivity contribution in [2.45, 2.75) is 37.8 Å². The minimum absolute atomic E-state index is 0.122. The van der Waals surface area contributed by atoms with Crippen molar-refractivity contribution in [2.24, 2.45) is 0 Å². The number of halogens is 1. The Morgan fingerprint density at radius 1 is 1.26 bits per heavy atom. The lowest BCUT2D eigenvalue weighted by Gasteiger charge is -2.24. The monoisotopic (exact) mass is 262 g/mol. The van der Waals surface area contributed by atoms with Crippen LogP contribution >= 0.6 is 0 Å². The van der Waals surface area contributed by atoms with Crippen molar-refractivity contribution >= 4 is 5.91 Å². The van der Waals surface area contributed by atoms with Crippen molar-refractivity contribution in [3.8, 4) is 0 Å². The van der Waals surface area contributed by atoms with Gasteiger partial charge in [0.25, 0.3) is 0 Å². The van der Waals surface area contributed by atoms with Gasteiger partial charge in [0.15, 0.2) is 0 Å². The average molecular weight is 262 g/mol. The number of hydrogen-bond acceptors (Lipinski definition) is 2. The van der Waals surface area contributed by atoms with Crippen LogP contribution in [0.4, 0.5) is 4.39 Å². The van der Waals surface area contributed by atoms with Crippen LogP contribution in [0.3, 0.4) is 0 Å². The van der Waals surface area contributed by atoms with Gasteiger partial charge in [0.2, 0.25) is 5.91 Å². The van der Waals surface area contributed by atoms with E-state index >= 15 is 0 Å². The second-order valence-corrected chi connectivity index (χ2v) is 5.52. The molecule has 19 heavy (non-hydrogen) atoms. The third kappa shape index (κ3) is 3.13. The summed E-state index contributed by atoms with van der Waals surface area (Å²) in [5, 5.41) is 3.02. The Morgan fingerprint density at radius 2 is 2.00 bits per heavy atom. The summed E-state index contributed by atoms with van der Waals surface area (Å²) in [5.41, 5.74) is 1.11. The Bertz CT molecular complexity index is 456. The number of benzene rings is 1. The van der Waals surface area contributed by atoms with E-state index in [2.05, 4.69) is 10.2 Å². The predicted molar refractivity (Wildman–Crippen MR) is 71.1 cm³/mol. The van der Waals surface area contributed by atoms with Crippen LogP contribution in [0.25, 0.3) is 0 Å². The molecule has 0 radical (unpaired) electrons. The summed E-state index contributed by atoms with van der Waals surface area (Å²) in [4.78, 5) is 14.1. The Labute approximate surface area is 112 Å². The van der Waals surface area contributed by atoms with Crippen LogP contribution in [0.5, 0.6) is 0 Å². The van der Waals surface area contributed by atoms with Crippen LogP contribution in [0.15, 0.2) is 24.3 Å². The molecular formula is C15H19FN2O. The summed E-state index contributed by atoms with van der Waals surface area (Å²) >= 11 is 0. The number of carbonyl (C=O) groups excluding carboxylic acids is 1. The van der Waals surface area contributed by atoms with Crippen molar-refractivity contribution in [1.82, 2.24) is 10.2 Å². The number of amides is 1. The van der Waals surface area contributed by atoms with Gasteiger partial charge in [-0.15, -0.1) is 0 Å². The van der Waals surface area contributed by atoms with Crippen molar-refractivity contribution < 1.29 is 9.18 Å². The van der Waals surface area contributed by atoms with Crippen LogP contribution in [-0.2, 0) is 4.79 Å². The van der Waals surface area contributed by atoms with Gasteiger partial charge in [-0.05, 0) is 49.9 Å². The number of nitrogens with zero attached hydrogens (tertiary/aromatic N) is 1. The van der Waals surface area contributed by atoms with Crippen LogP contribution in [-0.4, -0.2) is 29.9 Å². The SMILES string of the molecule is O=C(CN1CCC[C@@H]1c1ccc(F)cc1)NC1CC1. The van der Waals surface area contributed by atoms with Gasteiger partial charge in [0.1, 0.15) is 5.82 Å². The first-order valence-corrected chi connectivity index (χ1v) is 7.01. The predicted octanol–water partition coefficient (Wildman–Crippen LogP) is 2.24. The first kappa shape index (κ1) is 12.6. The molecule has 4 heteroatoms. The molecule has 0 bridgehead atoms. The summed E-state index contributed by atoms with van der Waals surface area (Å²) in [6, 6.07) is 7.32. The molecule has 1 aliphatic carbocycles. The molecule has 3 nitrogen and oxygen atoms in total. The second kappa shape index (κ2) is 5.29. The molecule has 1 heterocycles. The van der Waals surface area contributed by atoms with Gasteiger partial charge in [0, 0.05) is 12.1 Å². The zero-order valence-corrected chi connectivity index (χ0v) is 10.9. The summed E-state index contributed by atoms with van der Waals surface area (Å²) in [5.74, 6) is -0.0868. The lowest BCUT2D eigenvalue weighted by atomic mass is 10.0. The molecule has 1 atom stereocenters. The topological polar surface area (TPSA) is 32.3 Å². The van der Waals surface area contributed by atoms with Crippen molar-refractivity contribution in [1.29, 1.82) is 0 Å². The Balaban J connectivity index is 1.63. The quantitative estimate of drug-likeness (QED) is 0.902. The number of rotatable bonds is 4. The van der Waals surface area contributed by atoms with E-state index in [-0.39, 0.29) is 17.8 Å². The van der Waals surface area contributed by atoms with E-state index in [1.54, 1.807) is 0 Å². The standard InChI is InChI=1S/C15H19FN2O/c16-12-5-3-11(4-6-12)14-2-1-9-18(14)10-15(19)17-13-7-8-13/h3-6,13-14H,1-2,7-10H2,(H,17,19)/t14-/m1/s1. The van der Waals surface area contributed by atoms with Crippen molar-refractivity contribution in [3.05, 3.63) is 35.6 Å². The minimum Gasteiger partial charge on any atom is -0.352 e. The molecule has 2 aliphatic rings. The lowest BCUT2D eigenvalue weighted by molar-refractivity contribution is -0.122. The molecule has 1 saturated heterocycles. The third-order valence-corrected chi connectivity index (χ3v) is 3.91. The average Bonchev–Trinajstić information content (AvgIpc) is 3.08. The normalized spacial score (nSPS) is 23.5. The fraction of sp³-hybridized carbons (Fsp3) is 0.533. The molecule has 1 amide bonds. The zero-order chi connectivity index (χ0) is 13.2. The summed E-state index contributed by atoms with van der Waals surface area (Å²) in [7, 11) is 0. The highest BCUT2D eigenvalue weighted by atomic mass is 19.1. The van der Waals surface area contributed by atoms with E-state index in [1.807, 2.05) is 12.1 Å². The zero-order valence-electron chi connectivity index (χ0n) is 10.9. The van der Waals surface area contributed by atoms with E-state index in [1.165, 1.54) is 12.1 Å². The minimum atomic E-state index is -0.209. The van der Waals surface area contributed by atoms with Gasteiger partial charge in [0.05, 0.1) is 6.54 Å². The van der Waals surface area contributed by atoms with E-state index in [9.17, 15) is 9.18 Å². The van der Waals surface area contributed by atoms with Gasteiger partial charge in [-0.25, -0.2) is 4.39 Å². The molecule has 1 saturated carbocycles. The van der Waals surface area contributed by atoms with Gasteiger partial charge >= 0.3 is 0 Å². The van der Waals surface area contributed by atoms with E-state index < -0.39 is 0 Å². The molecular weight excluding hydrogens is 243 g/mol. The molecule has 102 valence electrons. The van der Waals surface area contributed by atoms with Crippen LogP contribution in [0.2, 0.25) is 0 Å². The molecule has 0 unspecified atom stereocenters. The summed E-state index contributed by atoms with van der Waals surface area (Å²) in [6.07, 6.45) is 4.38. The second-order valence-electron chi connectivity index (χ2n) is 5.52. The Kier molecular flexibility index (Phi) is 3.51. The van der Waals surface area contributed by atoms with Crippen LogP contribution in [0.1, 0.15) is 37.3 Å². The first-order valence-electron chi connectivity index (χ1n) is 7.01. The van der Waals surface area contributed by atoms with Crippen LogP contribution in [0, 0.1) is 5.82 Å². The van der Waals surface area contributed by atoms with Gasteiger partial charge < -0.3 is 5.32 Å². The molecule has 2 fully saturated rings. The summed E-state index contributed by atoms with van der Waals surface area (Å²) < 4.78 is 13.0. The van der Waals surface area contributed by atoms with Crippen molar-refractivity contribution in [3.63, 3.8) is 0 Å². The van der Waals surface area contributed by atoms with Crippen LogP contribution < -0.4 is 5.32 Å². The molecule has 1 aliphatic heterocycles. The molecule has 0 aromatic heterocycles. The maximum atomic E-state index is 13.0. The highest BCUT2D eigenvalue weighted by Crippen LogP contribution is 2.31. The van der Waals surface area contributed by atoms with Crippen molar-refractivity contribution in [2.75, 3.05) is 13.1 Å². The number of hydrogen-bond donors (Lipinski definition) is 1. The number of carbonyl (C=O) groups is 1. The summed E-state index contributed by atoms with van der Waals surface area (Å²) in [6.45, 7) is 1.40. The number of likely N-dealkylation sites (tertiary alicyclic amines) is 1. The molecule has 3 rings (SSSR count). The molecule has 1 aromatic carbocycles. The highest BCUT2D eigenvalue weighted by Gasteiger charge is 2.29.